The predicted octanol–water partition coefficient (Wildman–Crippen LogP) is 4.63. The molecule has 3 aromatic heterocycles. The van der Waals surface area contributed by atoms with Crippen molar-refractivity contribution in [1.29, 1.82) is 0 Å². The molecule has 1 unspecified atom stereocenters. The van der Waals surface area contributed by atoms with E-state index in [1.165, 1.54) is 11.3 Å². The van der Waals surface area contributed by atoms with Crippen LogP contribution in [-0.4, -0.2) is 31.8 Å². The number of aromatic nitrogens is 4. The van der Waals surface area contributed by atoms with Crippen molar-refractivity contribution < 1.29 is 4.79 Å². The lowest BCUT2D eigenvalue weighted by Gasteiger charge is -2.21. The summed E-state index contributed by atoms with van der Waals surface area (Å²) in [5.41, 5.74) is 8.97. The van der Waals surface area contributed by atoms with Crippen molar-refractivity contribution in [1.82, 2.24) is 24.6 Å². The van der Waals surface area contributed by atoms with E-state index >= 15 is 0 Å². The SMILES string of the molecule is Cc1nc(C)c(C#Cc2cccc3cc(C(C)NC(=O)c4c(N)nn5c4NCC=C5)n(-c4ccccc4)c(=O)c23)s1. The molecule has 1 aliphatic rings. The molecule has 4 N–H and O–H groups in total. The molecule has 0 radical (unpaired) electrons. The lowest BCUT2D eigenvalue weighted by Crippen LogP contribution is -2.33. The van der Waals surface area contributed by atoms with Gasteiger partial charge in [-0.05, 0) is 62.4 Å². The van der Waals surface area contributed by atoms with Crippen molar-refractivity contribution in [2.75, 3.05) is 17.6 Å². The average molecular weight is 562 g/mol. The van der Waals surface area contributed by atoms with Crippen LogP contribution in [0.25, 0.3) is 22.7 Å². The molecule has 4 heterocycles. The van der Waals surface area contributed by atoms with Gasteiger partial charge in [-0.2, -0.15) is 0 Å². The number of pyridine rings is 1. The molecule has 0 bridgehead atoms. The molecule has 0 saturated heterocycles. The highest BCUT2D eigenvalue weighted by Gasteiger charge is 2.26. The van der Waals surface area contributed by atoms with Crippen LogP contribution in [0.3, 0.4) is 0 Å². The van der Waals surface area contributed by atoms with Crippen molar-refractivity contribution >= 4 is 45.9 Å². The minimum absolute atomic E-state index is 0.122. The molecule has 0 fully saturated rings. The van der Waals surface area contributed by atoms with Crippen molar-refractivity contribution in [3.63, 3.8) is 0 Å². The number of nitrogens with one attached hydrogen (secondary N) is 2. The summed E-state index contributed by atoms with van der Waals surface area (Å²) in [5, 5.41) is 12.6. The van der Waals surface area contributed by atoms with Crippen LogP contribution in [0.5, 0.6) is 0 Å². The van der Waals surface area contributed by atoms with Crippen LogP contribution >= 0.6 is 11.3 Å². The first-order valence-corrected chi connectivity index (χ1v) is 13.9. The van der Waals surface area contributed by atoms with E-state index in [9.17, 15) is 9.59 Å². The Morgan fingerprint density at radius 2 is 1.95 bits per heavy atom. The lowest BCUT2D eigenvalue weighted by atomic mass is 10.0. The molecule has 1 amide bonds. The number of hydrogen-bond acceptors (Lipinski definition) is 7. The summed E-state index contributed by atoms with van der Waals surface area (Å²) in [4.78, 5) is 33.0. The van der Waals surface area contributed by atoms with Crippen LogP contribution in [0.15, 0.2) is 65.5 Å². The summed E-state index contributed by atoms with van der Waals surface area (Å²) < 4.78 is 3.18. The first-order valence-electron chi connectivity index (χ1n) is 13.1. The van der Waals surface area contributed by atoms with Gasteiger partial charge in [0, 0.05) is 29.7 Å². The quantitative estimate of drug-likeness (QED) is 0.275. The van der Waals surface area contributed by atoms with E-state index in [1.54, 1.807) is 15.4 Å². The smallest absolute Gasteiger partial charge is 0.264 e. The number of fused-ring (bicyclic) bond motifs is 2. The van der Waals surface area contributed by atoms with Crippen LogP contribution in [0.4, 0.5) is 11.6 Å². The van der Waals surface area contributed by atoms with Crippen molar-refractivity contribution in [3.05, 3.63) is 103 Å². The summed E-state index contributed by atoms with van der Waals surface area (Å²) in [5.74, 6) is 6.69. The third-order valence-electron chi connectivity index (χ3n) is 6.89. The highest BCUT2D eigenvalue weighted by atomic mass is 32.1. The van der Waals surface area contributed by atoms with Crippen molar-refractivity contribution in [2.24, 2.45) is 0 Å². The maximum Gasteiger partial charge on any atom is 0.264 e. The maximum atomic E-state index is 14.2. The number of rotatable bonds is 4. The van der Waals surface area contributed by atoms with Gasteiger partial charge in [0.2, 0.25) is 0 Å². The molecule has 204 valence electrons. The van der Waals surface area contributed by atoms with Crippen LogP contribution in [0, 0.1) is 25.7 Å². The lowest BCUT2D eigenvalue weighted by molar-refractivity contribution is 0.0940. The molecule has 0 saturated carbocycles. The maximum absolute atomic E-state index is 14.2. The molecule has 2 aromatic carbocycles. The van der Waals surface area contributed by atoms with Gasteiger partial charge in [0.25, 0.3) is 11.5 Å². The first kappa shape index (κ1) is 26.1. The molecule has 0 spiro atoms. The average Bonchev–Trinajstić information content (AvgIpc) is 3.48. The second-order valence-corrected chi connectivity index (χ2v) is 10.9. The van der Waals surface area contributed by atoms with E-state index in [-0.39, 0.29) is 22.8 Å². The van der Waals surface area contributed by atoms with Crippen molar-refractivity contribution in [3.8, 4) is 17.5 Å². The number of aryl methyl sites for hydroxylation is 2. The standard InChI is InChI=1S/C31H27N7O2S/c1-18(35-30(39)27-28(32)36-37-16-8-15-33-29(27)37)24-17-22-10-7-9-21(13-14-25-19(2)34-20(3)41-25)26(22)31(40)38(24)23-11-5-4-6-12-23/h4-12,16-18,33H,15H2,1-3H3,(H2,32,36)(H,35,39). The van der Waals surface area contributed by atoms with Gasteiger partial charge in [0.1, 0.15) is 16.3 Å². The Hall–Kier alpha value is -5.14. The van der Waals surface area contributed by atoms with Gasteiger partial charge in [-0.3, -0.25) is 14.2 Å². The Morgan fingerprint density at radius 3 is 2.71 bits per heavy atom. The fraction of sp³-hybridized carbons (Fsp3) is 0.161. The Kier molecular flexibility index (Phi) is 6.65. The number of amides is 1. The van der Waals surface area contributed by atoms with Gasteiger partial charge < -0.3 is 16.4 Å². The summed E-state index contributed by atoms with van der Waals surface area (Å²) in [6.45, 7) is 6.29. The zero-order valence-corrected chi connectivity index (χ0v) is 23.5. The predicted molar refractivity (Wildman–Crippen MR) is 163 cm³/mol. The summed E-state index contributed by atoms with van der Waals surface area (Å²) >= 11 is 1.53. The topological polar surface area (TPSA) is 120 Å². The third kappa shape index (κ3) is 4.77. The number of nitrogens with zero attached hydrogens (tertiary/aromatic N) is 4. The molecule has 41 heavy (non-hydrogen) atoms. The molecule has 1 aliphatic heterocycles. The Morgan fingerprint density at radius 1 is 1.15 bits per heavy atom. The summed E-state index contributed by atoms with van der Waals surface area (Å²) in [6.07, 6.45) is 3.65. The Bertz CT molecular complexity index is 1970. The van der Waals surface area contributed by atoms with E-state index in [2.05, 4.69) is 32.6 Å². The largest absolute Gasteiger partial charge is 0.381 e. The molecule has 1 atom stereocenters. The van der Waals surface area contributed by atoms with Gasteiger partial charge in [-0.15, -0.1) is 16.4 Å². The van der Waals surface area contributed by atoms with Crippen LogP contribution in [0.2, 0.25) is 0 Å². The Balaban J connectivity index is 1.47. The minimum Gasteiger partial charge on any atom is -0.381 e. The number of nitrogen functional groups attached to an aromatic ring is 1. The normalized spacial score (nSPS) is 12.8. The van der Waals surface area contributed by atoms with Crippen LogP contribution in [-0.2, 0) is 0 Å². The highest BCUT2D eigenvalue weighted by molar-refractivity contribution is 7.12. The second kappa shape index (κ2) is 10.4. The minimum atomic E-state index is -0.550. The second-order valence-electron chi connectivity index (χ2n) is 9.73. The first-order chi connectivity index (χ1) is 19.8. The number of carbonyl (C=O) groups is 1. The molecule has 10 heteroatoms. The molecular weight excluding hydrogens is 534 g/mol. The van der Waals surface area contributed by atoms with E-state index in [0.29, 0.717) is 34.7 Å². The molecule has 0 aliphatic carbocycles. The van der Waals surface area contributed by atoms with Gasteiger partial charge >= 0.3 is 0 Å². The van der Waals surface area contributed by atoms with Crippen LogP contribution in [0.1, 0.15) is 50.2 Å². The van der Waals surface area contributed by atoms with E-state index in [1.807, 2.05) is 81.4 Å². The fourth-order valence-electron chi connectivity index (χ4n) is 5.02. The number of nitrogens with two attached hydrogens (primary N) is 1. The molecule has 5 aromatic rings. The monoisotopic (exact) mass is 561 g/mol. The number of hydrogen-bond donors (Lipinski definition) is 3. The third-order valence-corrected chi connectivity index (χ3v) is 7.88. The van der Waals surface area contributed by atoms with Gasteiger partial charge in [-0.25, -0.2) is 9.67 Å². The summed E-state index contributed by atoms with van der Waals surface area (Å²) in [7, 11) is 0. The van der Waals surface area contributed by atoms with E-state index in [0.717, 1.165) is 21.0 Å². The number of benzene rings is 2. The van der Waals surface area contributed by atoms with Gasteiger partial charge in [0.05, 0.1) is 22.1 Å². The fourth-order valence-corrected chi connectivity index (χ4v) is 5.80. The van der Waals surface area contributed by atoms with Crippen molar-refractivity contribution in [2.45, 2.75) is 26.8 Å². The highest BCUT2D eigenvalue weighted by Crippen LogP contribution is 2.27. The molecule has 9 nitrogen and oxygen atoms in total. The van der Waals surface area contributed by atoms with E-state index < -0.39 is 6.04 Å². The Labute approximate surface area is 240 Å². The number of thiazole rings is 1. The summed E-state index contributed by atoms with van der Waals surface area (Å²) in [6, 6.07) is 16.4. The number of anilines is 2. The zero-order chi connectivity index (χ0) is 28.7. The van der Waals surface area contributed by atoms with Gasteiger partial charge in [-0.1, -0.05) is 36.3 Å². The van der Waals surface area contributed by atoms with Gasteiger partial charge in [0.15, 0.2) is 5.82 Å². The zero-order valence-electron chi connectivity index (χ0n) is 22.7. The molecule has 6 rings (SSSR count). The number of carbonyl (C=O) groups excluding carboxylic acids is 1. The number of para-hydroxylation sites is 1. The molecular formula is C31H27N7O2S. The van der Waals surface area contributed by atoms with E-state index in [4.69, 9.17) is 5.73 Å². The van der Waals surface area contributed by atoms with Crippen LogP contribution < -0.4 is 21.9 Å².